The maximum Gasteiger partial charge on any atom is 0.275 e. The van der Waals surface area contributed by atoms with Crippen LogP contribution in [-0.2, 0) is 0 Å². The lowest BCUT2D eigenvalue weighted by atomic mass is 10.2. The monoisotopic (exact) mass is 398 g/mol. The first kappa shape index (κ1) is 19.2. The Balaban J connectivity index is 1.74. The molecule has 2 aromatic heterocycles. The Labute approximate surface area is 163 Å². The summed E-state index contributed by atoms with van der Waals surface area (Å²) in [6.07, 6.45) is 7.59. The van der Waals surface area contributed by atoms with Gasteiger partial charge in [-0.2, -0.15) is 0 Å². The molecule has 3 N–H and O–H groups in total. The number of carbonyl (C=O) groups is 1. The molecule has 3 aromatic rings. The summed E-state index contributed by atoms with van der Waals surface area (Å²) in [5.74, 6) is -0.643. The molecule has 0 bridgehead atoms. The zero-order chi connectivity index (χ0) is 19.9. The molecule has 0 saturated heterocycles. The topological polar surface area (TPSA) is 124 Å². The molecule has 0 atom stereocenters. The van der Waals surface area contributed by atoms with Gasteiger partial charge in [0, 0.05) is 5.69 Å². The maximum atomic E-state index is 14.0. The van der Waals surface area contributed by atoms with Crippen molar-refractivity contribution in [3.05, 3.63) is 66.0 Å². The maximum absolute atomic E-state index is 14.0. The third-order valence-corrected chi connectivity index (χ3v) is 4.03. The lowest BCUT2D eigenvalue weighted by molar-refractivity contribution is 0.102. The Morgan fingerprint density at radius 2 is 2.21 bits per heavy atom. The van der Waals surface area contributed by atoms with Crippen LogP contribution in [0.2, 0.25) is 0 Å². The van der Waals surface area contributed by atoms with E-state index < -0.39 is 11.7 Å². The zero-order valence-corrected chi connectivity index (χ0v) is 15.5. The second-order valence-corrected chi connectivity index (χ2v) is 6.19. The minimum atomic E-state index is -0.556. The predicted molar refractivity (Wildman–Crippen MR) is 105 cm³/mol. The molecule has 0 fully saturated rings. The van der Waals surface area contributed by atoms with Gasteiger partial charge in [0.25, 0.3) is 5.91 Å². The highest BCUT2D eigenvalue weighted by molar-refractivity contribution is 8.16. The van der Waals surface area contributed by atoms with Crippen molar-refractivity contribution < 1.29 is 9.18 Å². The van der Waals surface area contributed by atoms with E-state index >= 15 is 0 Å². The van der Waals surface area contributed by atoms with E-state index in [1.165, 1.54) is 41.5 Å². The molecular formula is C17H15FN8OS. The molecule has 1 amide bonds. The van der Waals surface area contributed by atoms with Crippen LogP contribution in [0.5, 0.6) is 0 Å². The van der Waals surface area contributed by atoms with E-state index in [4.69, 9.17) is 5.73 Å². The van der Waals surface area contributed by atoms with Crippen molar-refractivity contribution in [1.82, 2.24) is 25.0 Å². The standard InChI is InChI=1S/C17H15FN8OS/c1-2-7-28-17(19)24-13-8-11(3-4-12(13)18)23-16(27)14-9-21-15(10-20-14)26-6-5-22-25-26/h2-10H,1H3,(H2,19,24)(H,23,27)/b7-2-. The molecule has 0 aliphatic rings. The Morgan fingerprint density at radius 1 is 1.36 bits per heavy atom. The summed E-state index contributed by atoms with van der Waals surface area (Å²) in [4.78, 5) is 24.5. The lowest BCUT2D eigenvalue weighted by Crippen LogP contribution is -2.14. The number of halogens is 1. The van der Waals surface area contributed by atoms with Crippen LogP contribution < -0.4 is 11.1 Å². The Kier molecular flexibility index (Phi) is 6.07. The highest BCUT2D eigenvalue weighted by Gasteiger charge is 2.11. The number of carbonyl (C=O) groups excluding carboxylic acids is 1. The van der Waals surface area contributed by atoms with Gasteiger partial charge < -0.3 is 11.1 Å². The zero-order valence-electron chi connectivity index (χ0n) is 14.7. The van der Waals surface area contributed by atoms with Crippen molar-refractivity contribution in [3.63, 3.8) is 0 Å². The highest BCUT2D eigenvalue weighted by Crippen LogP contribution is 2.24. The van der Waals surface area contributed by atoms with Crippen LogP contribution in [0.25, 0.3) is 5.82 Å². The van der Waals surface area contributed by atoms with Gasteiger partial charge in [-0.25, -0.2) is 24.0 Å². The van der Waals surface area contributed by atoms with Crippen LogP contribution in [-0.4, -0.2) is 36.0 Å². The number of aromatic nitrogens is 5. The first-order valence-electron chi connectivity index (χ1n) is 7.98. The number of nitrogens with zero attached hydrogens (tertiary/aromatic N) is 6. The van der Waals surface area contributed by atoms with Crippen LogP contribution in [0.3, 0.4) is 0 Å². The van der Waals surface area contributed by atoms with E-state index in [0.29, 0.717) is 11.5 Å². The fraction of sp³-hybridized carbons (Fsp3) is 0.0588. The number of amidine groups is 1. The van der Waals surface area contributed by atoms with Crippen LogP contribution >= 0.6 is 11.8 Å². The van der Waals surface area contributed by atoms with Gasteiger partial charge in [0.05, 0.1) is 24.8 Å². The largest absolute Gasteiger partial charge is 0.378 e. The lowest BCUT2D eigenvalue weighted by Gasteiger charge is -2.07. The molecule has 0 saturated carbocycles. The second-order valence-electron chi connectivity index (χ2n) is 5.27. The van der Waals surface area contributed by atoms with Gasteiger partial charge in [-0.3, -0.25) is 4.79 Å². The number of thioether (sulfide) groups is 1. The van der Waals surface area contributed by atoms with E-state index in [9.17, 15) is 9.18 Å². The molecule has 1 aromatic carbocycles. The quantitative estimate of drug-likeness (QED) is 0.500. The first-order valence-corrected chi connectivity index (χ1v) is 8.86. The number of hydrogen-bond donors (Lipinski definition) is 2. The summed E-state index contributed by atoms with van der Waals surface area (Å²) in [6, 6.07) is 3.99. The molecule has 28 heavy (non-hydrogen) atoms. The molecule has 0 spiro atoms. The smallest absolute Gasteiger partial charge is 0.275 e. The molecule has 9 nitrogen and oxygen atoms in total. The molecular weight excluding hydrogens is 383 g/mol. The fourth-order valence-electron chi connectivity index (χ4n) is 2.04. The molecule has 142 valence electrons. The predicted octanol–water partition coefficient (Wildman–Crippen LogP) is 2.66. The van der Waals surface area contributed by atoms with Crippen LogP contribution in [0.4, 0.5) is 15.8 Å². The van der Waals surface area contributed by atoms with Gasteiger partial charge >= 0.3 is 0 Å². The molecule has 0 unspecified atom stereocenters. The summed E-state index contributed by atoms with van der Waals surface area (Å²) in [5.41, 5.74) is 6.18. The summed E-state index contributed by atoms with van der Waals surface area (Å²) in [5, 5.41) is 12.0. The van der Waals surface area contributed by atoms with Crippen LogP contribution in [0.1, 0.15) is 17.4 Å². The van der Waals surface area contributed by atoms with Gasteiger partial charge in [0.1, 0.15) is 17.2 Å². The van der Waals surface area contributed by atoms with Crippen molar-refractivity contribution >= 4 is 34.2 Å². The summed E-state index contributed by atoms with van der Waals surface area (Å²) < 4.78 is 15.4. The van der Waals surface area contributed by atoms with Crippen molar-refractivity contribution in [3.8, 4) is 5.82 Å². The average Bonchev–Trinajstić information content (AvgIpc) is 3.24. The number of allylic oxidation sites excluding steroid dienone is 1. The first-order chi connectivity index (χ1) is 13.6. The van der Waals surface area contributed by atoms with Crippen molar-refractivity contribution in [1.29, 1.82) is 0 Å². The summed E-state index contributed by atoms with van der Waals surface area (Å²) in [7, 11) is 0. The van der Waals surface area contributed by atoms with Crippen LogP contribution in [0, 0.1) is 5.82 Å². The number of nitrogens with one attached hydrogen (secondary N) is 1. The molecule has 3 rings (SSSR count). The summed E-state index contributed by atoms with van der Waals surface area (Å²) in [6.45, 7) is 1.83. The van der Waals surface area contributed by atoms with Gasteiger partial charge in [0.2, 0.25) is 0 Å². The van der Waals surface area contributed by atoms with Gasteiger partial charge in [-0.1, -0.05) is 23.1 Å². The molecule has 0 aliphatic heterocycles. The third-order valence-electron chi connectivity index (χ3n) is 3.29. The normalized spacial score (nSPS) is 11.7. The Bertz CT molecular complexity index is 1020. The number of hydrogen-bond acceptors (Lipinski definition) is 7. The average molecular weight is 398 g/mol. The highest BCUT2D eigenvalue weighted by atomic mass is 32.2. The Morgan fingerprint density at radius 3 is 2.89 bits per heavy atom. The van der Waals surface area contributed by atoms with Gasteiger partial charge in [-0.15, -0.1) is 5.10 Å². The number of anilines is 1. The third kappa shape index (κ3) is 4.76. The van der Waals surface area contributed by atoms with Crippen molar-refractivity contribution in [2.24, 2.45) is 10.7 Å². The minimum absolute atomic E-state index is 0.0138. The SMILES string of the molecule is C/C=C\SC(N)=Nc1cc(NC(=O)c2cnc(-n3ccnn3)cn2)ccc1F. The second kappa shape index (κ2) is 8.86. The molecule has 2 heterocycles. The van der Waals surface area contributed by atoms with Crippen molar-refractivity contribution in [2.45, 2.75) is 6.92 Å². The fourth-order valence-corrected chi connectivity index (χ4v) is 2.47. The number of aliphatic imine (C=N–C) groups is 1. The number of amides is 1. The Hall–Kier alpha value is -3.60. The van der Waals surface area contributed by atoms with E-state index in [1.807, 2.05) is 6.92 Å². The minimum Gasteiger partial charge on any atom is -0.378 e. The van der Waals surface area contributed by atoms with Crippen LogP contribution in [0.15, 0.2) is 59.5 Å². The number of rotatable bonds is 5. The summed E-state index contributed by atoms with van der Waals surface area (Å²) >= 11 is 1.16. The number of benzene rings is 1. The number of nitrogens with two attached hydrogens (primary N) is 1. The molecule has 11 heteroatoms. The molecule has 0 aliphatic carbocycles. The van der Waals surface area contributed by atoms with Gasteiger partial charge in [0.15, 0.2) is 11.0 Å². The van der Waals surface area contributed by atoms with Crippen molar-refractivity contribution in [2.75, 3.05) is 5.32 Å². The van der Waals surface area contributed by atoms with E-state index in [1.54, 1.807) is 17.7 Å². The molecule has 0 radical (unpaired) electrons. The van der Waals surface area contributed by atoms with E-state index in [2.05, 4.69) is 30.6 Å². The van der Waals surface area contributed by atoms with E-state index in [-0.39, 0.29) is 16.5 Å². The van der Waals surface area contributed by atoms with Gasteiger partial charge in [-0.05, 0) is 30.5 Å². The van der Waals surface area contributed by atoms with E-state index in [0.717, 1.165) is 11.8 Å².